The summed E-state index contributed by atoms with van der Waals surface area (Å²) in [4.78, 5) is 48.1. The Balaban J connectivity index is 1.50. The van der Waals surface area contributed by atoms with E-state index in [0.29, 0.717) is 16.1 Å². The summed E-state index contributed by atoms with van der Waals surface area (Å²) in [6.45, 7) is 1.38. The number of esters is 1. The summed E-state index contributed by atoms with van der Waals surface area (Å²) < 4.78 is 4.97. The summed E-state index contributed by atoms with van der Waals surface area (Å²) >= 11 is 1.32. The lowest BCUT2D eigenvalue weighted by molar-refractivity contribution is -0.142. The van der Waals surface area contributed by atoms with Crippen LogP contribution in [0.2, 0.25) is 0 Å². The van der Waals surface area contributed by atoms with Crippen LogP contribution < -0.4 is 5.32 Å². The minimum absolute atomic E-state index is 0.0533. The lowest BCUT2D eigenvalue weighted by Crippen LogP contribution is -2.15. The van der Waals surface area contributed by atoms with E-state index >= 15 is 0 Å². The van der Waals surface area contributed by atoms with Gasteiger partial charge in [-0.3, -0.25) is 19.2 Å². The van der Waals surface area contributed by atoms with E-state index in [-0.39, 0.29) is 42.8 Å². The van der Waals surface area contributed by atoms with E-state index in [0.717, 1.165) is 5.56 Å². The molecule has 6 nitrogen and oxygen atoms in total. The normalized spacial score (nSPS) is 15.3. The third kappa shape index (κ3) is 3.88. The van der Waals surface area contributed by atoms with Crippen LogP contribution >= 0.6 is 11.3 Å². The second-order valence-corrected chi connectivity index (χ2v) is 6.95. The molecular formula is C19H17NO5S. The number of Topliss-reactive ketones (excluding diaryl/α,β-unsaturated/α-hetero) is 2. The van der Waals surface area contributed by atoms with E-state index in [9.17, 15) is 19.2 Å². The highest BCUT2D eigenvalue weighted by atomic mass is 32.1. The molecule has 134 valence electrons. The monoisotopic (exact) mass is 371 g/mol. The number of fused-ring (bicyclic) bond motifs is 1. The number of amides is 1. The summed E-state index contributed by atoms with van der Waals surface area (Å²) in [6, 6.07) is 8.39. The number of ketones is 2. The third-order valence-electron chi connectivity index (χ3n) is 4.21. The highest BCUT2D eigenvalue weighted by molar-refractivity contribution is 7.12. The van der Waals surface area contributed by atoms with Crippen molar-refractivity contribution in [3.63, 3.8) is 0 Å². The smallest absolute Gasteiger partial charge is 0.306 e. The first kappa shape index (κ1) is 18.0. The molecule has 0 bridgehead atoms. The van der Waals surface area contributed by atoms with Crippen LogP contribution in [0.4, 0.5) is 5.69 Å². The van der Waals surface area contributed by atoms with Crippen LogP contribution in [0.15, 0.2) is 35.7 Å². The maximum atomic E-state index is 12.2. The molecule has 1 aliphatic rings. The lowest BCUT2D eigenvalue weighted by atomic mass is 9.99. The van der Waals surface area contributed by atoms with E-state index in [4.69, 9.17) is 4.74 Å². The fraction of sp³-hybridized carbons (Fsp3) is 0.263. The Kier molecular flexibility index (Phi) is 5.27. The number of carbonyl (C=O) groups is 4. The Hall–Kier alpha value is -2.80. The average Bonchev–Trinajstić information content (AvgIpc) is 3.26. The Bertz CT molecular complexity index is 872. The molecule has 0 spiro atoms. The molecule has 1 atom stereocenters. The molecule has 0 radical (unpaired) electrons. The number of ether oxygens (including phenoxy) is 1. The number of anilines is 1. The largest absolute Gasteiger partial charge is 0.457 e. The fourth-order valence-corrected chi connectivity index (χ4v) is 3.36. The molecule has 1 aromatic heterocycles. The molecule has 3 rings (SSSR count). The zero-order valence-corrected chi connectivity index (χ0v) is 14.9. The SMILES string of the molecule is C[C@@H]1C(=O)Nc2ccc(C(=O)COC(=O)CCC(=O)c3cccs3)cc21. The first-order valence-corrected chi connectivity index (χ1v) is 9.04. The minimum Gasteiger partial charge on any atom is -0.457 e. The van der Waals surface area contributed by atoms with E-state index in [1.165, 1.54) is 11.3 Å². The van der Waals surface area contributed by atoms with Gasteiger partial charge in [0.25, 0.3) is 0 Å². The van der Waals surface area contributed by atoms with Gasteiger partial charge in [-0.2, -0.15) is 0 Å². The molecule has 0 aliphatic carbocycles. The van der Waals surface area contributed by atoms with E-state index in [1.807, 2.05) is 0 Å². The molecule has 1 aliphatic heterocycles. The molecule has 2 heterocycles. The molecule has 26 heavy (non-hydrogen) atoms. The Morgan fingerprint density at radius 3 is 2.69 bits per heavy atom. The second kappa shape index (κ2) is 7.61. The Labute approximate surface area is 154 Å². The molecule has 1 N–H and O–H groups in total. The van der Waals surface area contributed by atoms with Crippen molar-refractivity contribution in [2.45, 2.75) is 25.7 Å². The van der Waals surface area contributed by atoms with E-state index in [1.54, 1.807) is 42.6 Å². The zero-order valence-electron chi connectivity index (χ0n) is 14.1. The van der Waals surface area contributed by atoms with E-state index in [2.05, 4.69) is 5.32 Å². The van der Waals surface area contributed by atoms with Crippen LogP contribution in [0.5, 0.6) is 0 Å². The van der Waals surface area contributed by atoms with Gasteiger partial charge in [0.1, 0.15) is 0 Å². The van der Waals surface area contributed by atoms with Gasteiger partial charge in [0.2, 0.25) is 5.91 Å². The van der Waals surface area contributed by atoms with Crippen LogP contribution in [0.1, 0.15) is 51.3 Å². The molecule has 7 heteroatoms. The molecular weight excluding hydrogens is 354 g/mol. The predicted molar refractivity (Wildman–Crippen MR) is 96.7 cm³/mol. The first-order chi connectivity index (χ1) is 12.5. The van der Waals surface area contributed by atoms with Crippen LogP contribution in [-0.4, -0.2) is 30.0 Å². The highest BCUT2D eigenvalue weighted by Gasteiger charge is 2.27. The number of carbonyl (C=O) groups excluding carboxylic acids is 4. The molecule has 2 aromatic rings. The summed E-state index contributed by atoms with van der Waals surface area (Å²) in [7, 11) is 0. The number of hydrogen-bond donors (Lipinski definition) is 1. The van der Waals surface area contributed by atoms with Crippen LogP contribution in [0, 0.1) is 0 Å². The topological polar surface area (TPSA) is 89.5 Å². The summed E-state index contributed by atoms with van der Waals surface area (Å²) in [5, 5.41) is 4.53. The number of hydrogen-bond acceptors (Lipinski definition) is 6. The van der Waals surface area contributed by atoms with Gasteiger partial charge in [0.15, 0.2) is 18.2 Å². The van der Waals surface area contributed by atoms with Gasteiger partial charge in [-0.1, -0.05) is 6.07 Å². The molecule has 1 aromatic carbocycles. The van der Waals surface area contributed by atoms with Crippen molar-refractivity contribution >= 4 is 40.5 Å². The molecule has 0 saturated heterocycles. The van der Waals surface area contributed by atoms with Crippen molar-refractivity contribution in [3.05, 3.63) is 51.7 Å². The van der Waals surface area contributed by atoms with Gasteiger partial charge < -0.3 is 10.1 Å². The Morgan fingerprint density at radius 2 is 1.96 bits per heavy atom. The lowest BCUT2D eigenvalue weighted by Gasteiger charge is -2.07. The molecule has 0 saturated carbocycles. The first-order valence-electron chi connectivity index (χ1n) is 8.16. The number of rotatable bonds is 7. The molecule has 0 unspecified atom stereocenters. The van der Waals surface area contributed by atoms with Gasteiger partial charge in [-0.15, -0.1) is 11.3 Å². The van der Waals surface area contributed by atoms with Crippen molar-refractivity contribution in [1.82, 2.24) is 0 Å². The quantitative estimate of drug-likeness (QED) is 0.596. The van der Waals surface area contributed by atoms with Gasteiger partial charge in [-0.25, -0.2) is 0 Å². The van der Waals surface area contributed by atoms with Crippen molar-refractivity contribution in [1.29, 1.82) is 0 Å². The zero-order chi connectivity index (χ0) is 18.7. The fourth-order valence-electron chi connectivity index (χ4n) is 2.67. The molecule has 0 fully saturated rings. The van der Waals surface area contributed by atoms with Crippen LogP contribution in [0.3, 0.4) is 0 Å². The van der Waals surface area contributed by atoms with Gasteiger partial charge in [-0.05, 0) is 42.1 Å². The number of nitrogens with one attached hydrogen (secondary N) is 1. The molecule has 1 amide bonds. The third-order valence-corrected chi connectivity index (χ3v) is 5.12. The van der Waals surface area contributed by atoms with Crippen molar-refractivity contribution < 1.29 is 23.9 Å². The maximum absolute atomic E-state index is 12.2. The summed E-state index contributed by atoms with van der Waals surface area (Å²) in [6.07, 6.45) is -0.0126. The summed E-state index contributed by atoms with van der Waals surface area (Å²) in [5.41, 5.74) is 1.84. The van der Waals surface area contributed by atoms with Crippen molar-refractivity contribution in [3.8, 4) is 0 Å². The van der Waals surface area contributed by atoms with Gasteiger partial charge in [0.05, 0.1) is 17.2 Å². The number of thiophene rings is 1. The number of benzene rings is 1. The van der Waals surface area contributed by atoms with Crippen LogP contribution in [-0.2, 0) is 14.3 Å². The maximum Gasteiger partial charge on any atom is 0.306 e. The Morgan fingerprint density at radius 1 is 1.15 bits per heavy atom. The average molecular weight is 371 g/mol. The second-order valence-electron chi connectivity index (χ2n) is 6.00. The van der Waals surface area contributed by atoms with Gasteiger partial charge >= 0.3 is 5.97 Å². The van der Waals surface area contributed by atoms with Gasteiger partial charge in [0, 0.05) is 17.7 Å². The highest BCUT2D eigenvalue weighted by Crippen LogP contribution is 2.32. The van der Waals surface area contributed by atoms with Crippen molar-refractivity contribution in [2.75, 3.05) is 11.9 Å². The van der Waals surface area contributed by atoms with Crippen molar-refractivity contribution in [2.24, 2.45) is 0 Å². The minimum atomic E-state index is -0.588. The van der Waals surface area contributed by atoms with E-state index < -0.39 is 5.97 Å². The standard InChI is InChI=1S/C19H17NO5S/c1-11-13-9-12(4-5-14(13)20-19(11)24)16(22)10-25-18(23)7-6-15(21)17-3-2-8-26-17/h2-5,8-9,11H,6-7,10H2,1H3,(H,20,24)/t11-/m0/s1. The predicted octanol–water partition coefficient (Wildman–Crippen LogP) is 3.19. The van der Waals surface area contributed by atoms with Crippen LogP contribution in [0.25, 0.3) is 0 Å². The summed E-state index contributed by atoms with van der Waals surface area (Å²) in [5.74, 6) is -1.48.